The number of ether oxygens (including phenoxy) is 2. The molecule has 0 radical (unpaired) electrons. The summed E-state index contributed by atoms with van der Waals surface area (Å²) in [7, 11) is 1.72. The highest BCUT2D eigenvalue weighted by Crippen LogP contribution is 2.27. The van der Waals surface area contributed by atoms with Crippen LogP contribution >= 0.6 is 11.3 Å². The van der Waals surface area contributed by atoms with Crippen molar-refractivity contribution in [2.75, 3.05) is 26.8 Å². The van der Waals surface area contributed by atoms with E-state index in [0.29, 0.717) is 12.4 Å². The van der Waals surface area contributed by atoms with Gasteiger partial charge < -0.3 is 9.47 Å². The van der Waals surface area contributed by atoms with Crippen LogP contribution in [0.3, 0.4) is 0 Å². The minimum atomic E-state index is -0.315. The highest BCUT2D eigenvalue weighted by Gasteiger charge is 2.39. The summed E-state index contributed by atoms with van der Waals surface area (Å²) in [5, 5.41) is 2.07. The molecule has 0 spiro atoms. The SMILES string of the molecule is COC1(COc2ccc(F)cc2)CCN(Cc2cscn2)C1. The van der Waals surface area contributed by atoms with Gasteiger partial charge in [0.15, 0.2) is 0 Å². The minimum absolute atomic E-state index is 0.260. The first-order valence-corrected chi connectivity index (χ1v) is 8.16. The molecule has 0 amide bonds. The van der Waals surface area contributed by atoms with Gasteiger partial charge in [-0.2, -0.15) is 0 Å². The summed E-state index contributed by atoms with van der Waals surface area (Å²) in [5.41, 5.74) is 2.63. The minimum Gasteiger partial charge on any atom is -0.491 e. The Morgan fingerprint density at radius 1 is 1.36 bits per heavy atom. The van der Waals surface area contributed by atoms with Crippen LogP contribution in [0.4, 0.5) is 4.39 Å². The molecule has 1 aliphatic rings. The van der Waals surface area contributed by atoms with E-state index in [1.807, 2.05) is 5.51 Å². The summed E-state index contributed by atoms with van der Waals surface area (Å²) in [6.45, 7) is 3.06. The average Bonchev–Trinajstić information content (AvgIpc) is 3.18. The third kappa shape index (κ3) is 3.63. The lowest BCUT2D eigenvalue weighted by Crippen LogP contribution is -2.41. The van der Waals surface area contributed by atoms with Gasteiger partial charge in [0.05, 0.1) is 11.2 Å². The molecule has 1 atom stereocenters. The lowest BCUT2D eigenvalue weighted by molar-refractivity contribution is -0.0360. The highest BCUT2D eigenvalue weighted by molar-refractivity contribution is 7.07. The number of benzene rings is 1. The summed E-state index contributed by atoms with van der Waals surface area (Å²) < 4.78 is 24.4. The molecule has 0 bridgehead atoms. The van der Waals surface area contributed by atoms with E-state index in [1.165, 1.54) is 12.1 Å². The molecule has 0 aliphatic carbocycles. The lowest BCUT2D eigenvalue weighted by atomic mass is 10.0. The molecule has 1 aromatic carbocycles. The van der Waals surface area contributed by atoms with E-state index in [1.54, 1.807) is 30.6 Å². The van der Waals surface area contributed by atoms with Crippen LogP contribution in [0.5, 0.6) is 5.75 Å². The van der Waals surface area contributed by atoms with Gasteiger partial charge in [-0.05, 0) is 30.7 Å². The number of hydrogen-bond donors (Lipinski definition) is 0. The summed E-state index contributed by atoms with van der Waals surface area (Å²) in [6, 6.07) is 6.08. The molecule has 1 unspecified atom stereocenters. The molecule has 2 aromatic rings. The number of thiazole rings is 1. The number of methoxy groups -OCH3 is 1. The maximum Gasteiger partial charge on any atom is 0.123 e. The van der Waals surface area contributed by atoms with Gasteiger partial charge in [0.1, 0.15) is 23.8 Å². The molecular formula is C16H19FN2O2S. The maximum atomic E-state index is 12.9. The first kappa shape index (κ1) is 15.4. The van der Waals surface area contributed by atoms with E-state index in [2.05, 4.69) is 15.3 Å². The van der Waals surface area contributed by atoms with Gasteiger partial charge in [0.25, 0.3) is 0 Å². The summed E-state index contributed by atoms with van der Waals surface area (Å²) in [6.07, 6.45) is 0.912. The highest BCUT2D eigenvalue weighted by atomic mass is 32.1. The van der Waals surface area contributed by atoms with Crippen molar-refractivity contribution in [2.24, 2.45) is 0 Å². The molecule has 118 valence electrons. The fourth-order valence-electron chi connectivity index (χ4n) is 2.70. The maximum absolute atomic E-state index is 12.9. The second-order valence-corrected chi connectivity index (χ2v) is 6.29. The smallest absolute Gasteiger partial charge is 0.123 e. The molecule has 3 rings (SSSR count). The number of rotatable bonds is 6. The Hall–Kier alpha value is -1.50. The van der Waals surface area contributed by atoms with Gasteiger partial charge in [-0.15, -0.1) is 11.3 Å². The quantitative estimate of drug-likeness (QED) is 0.819. The van der Waals surface area contributed by atoms with Crippen molar-refractivity contribution in [3.05, 3.63) is 46.7 Å². The van der Waals surface area contributed by atoms with Crippen LogP contribution in [0.15, 0.2) is 35.2 Å². The third-order valence-corrected chi connectivity index (χ3v) is 4.65. The molecule has 2 heterocycles. The van der Waals surface area contributed by atoms with E-state index in [9.17, 15) is 4.39 Å². The lowest BCUT2D eigenvalue weighted by Gasteiger charge is -2.28. The number of aromatic nitrogens is 1. The van der Waals surface area contributed by atoms with Crippen LogP contribution in [0, 0.1) is 5.82 Å². The van der Waals surface area contributed by atoms with Crippen LogP contribution in [-0.2, 0) is 11.3 Å². The molecule has 1 saturated heterocycles. The van der Waals surface area contributed by atoms with Crippen molar-refractivity contribution >= 4 is 11.3 Å². The van der Waals surface area contributed by atoms with Gasteiger partial charge in [0, 0.05) is 32.1 Å². The average molecular weight is 322 g/mol. The topological polar surface area (TPSA) is 34.6 Å². The fraction of sp³-hybridized carbons (Fsp3) is 0.438. The van der Waals surface area contributed by atoms with Gasteiger partial charge in [-0.3, -0.25) is 4.90 Å². The first-order valence-electron chi connectivity index (χ1n) is 7.22. The fourth-order valence-corrected chi connectivity index (χ4v) is 3.25. The van der Waals surface area contributed by atoms with Crippen molar-refractivity contribution in [1.82, 2.24) is 9.88 Å². The van der Waals surface area contributed by atoms with Gasteiger partial charge in [-0.25, -0.2) is 9.37 Å². The van der Waals surface area contributed by atoms with E-state index in [0.717, 1.165) is 31.7 Å². The number of halogens is 1. The normalized spacial score (nSPS) is 22.1. The summed E-state index contributed by atoms with van der Waals surface area (Å²) >= 11 is 1.61. The van der Waals surface area contributed by atoms with Crippen molar-refractivity contribution in [3.63, 3.8) is 0 Å². The largest absolute Gasteiger partial charge is 0.491 e. The van der Waals surface area contributed by atoms with Crippen LogP contribution in [0.1, 0.15) is 12.1 Å². The summed E-state index contributed by atoms with van der Waals surface area (Å²) in [4.78, 5) is 6.65. The van der Waals surface area contributed by atoms with Crippen molar-refractivity contribution in [2.45, 2.75) is 18.6 Å². The zero-order chi connectivity index (χ0) is 15.4. The van der Waals surface area contributed by atoms with Crippen LogP contribution in [0.2, 0.25) is 0 Å². The van der Waals surface area contributed by atoms with Crippen molar-refractivity contribution in [1.29, 1.82) is 0 Å². The molecule has 22 heavy (non-hydrogen) atoms. The van der Waals surface area contributed by atoms with E-state index in [4.69, 9.17) is 9.47 Å². The van der Waals surface area contributed by atoms with Crippen LogP contribution < -0.4 is 4.74 Å². The van der Waals surface area contributed by atoms with E-state index >= 15 is 0 Å². The molecular weight excluding hydrogens is 303 g/mol. The number of hydrogen-bond acceptors (Lipinski definition) is 5. The zero-order valence-electron chi connectivity index (χ0n) is 12.5. The molecule has 1 fully saturated rings. The van der Waals surface area contributed by atoms with Crippen molar-refractivity contribution < 1.29 is 13.9 Å². The Bertz CT molecular complexity index is 591. The Kier molecular flexibility index (Phi) is 4.71. The summed E-state index contributed by atoms with van der Waals surface area (Å²) in [5.74, 6) is 0.403. The van der Waals surface area contributed by atoms with Gasteiger partial charge >= 0.3 is 0 Å². The predicted octanol–water partition coefficient (Wildman–Crippen LogP) is 2.95. The Balaban J connectivity index is 1.57. The van der Waals surface area contributed by atoms with E-state index < -0.39 is 0 Å². The molecule has 1 aromatic heterocycles. The molecule has 4 nitrogen and oxygen atoms in total. The Morgan fingerprint density at radius 2 is 2.18 bits per heavy atom. The number of likely N-dealkylation sites (tertiary alicyclic amines) is 1. The monoisotopic (exact) mass is 322 g/mol. The Morgan fingerprint density at radius 3 is 2.86 bits per heavy atom. The van der Waals surface area contributed by atoms with Gasteiger partial charge in [0.2, 0.25) is 0 Å². The Labute approximate surface area is 133 Å². The second-order valence-electron chi connectivity index (χ2n) is 5.57. The second kappa shape index (κ2) is 6.73. The van der Waals surface area contributed by atoms with Gasteiger partial charge in [-0.1, -0.05) is 0 Å². The molecule has 6 heteroatoms. The van der Waals surface area contributed by atoms with Crippen LogP contribution in [0.25, 0.3) is 0 Å². The van der Waals surface area contributed by atoms with Crippen molar-refractivity contribution in [3.8, 4) is 5.75 Å². The third-order valence-electron chi connectivity index (χ3n) is 4.01. The van der Waals surface area contributed by atoms with E-state index in [-0.39, 0.29) is 11.4 Å². The predicted molar refractivity (Wildman–Crippen MR) is 83.6 cm³/mol. The molecule has 0 saturated carbocycles. The standard InChI is InChI=1S/C16H19FN2O2S/c1-20-16(11-21-15-4-2-13(17)3-5-15)6-7-19(10-16)8-14-9-22-12-18-14/h2-5,9,12H,6-8,10-11H2,1H3. The zero-order valence-corrected chi connectivity index (χ0v) is 13.3. The number of nitrogens with zero attached hydrogens (tertiary/aromatic N) is 2. The first-order chi connectivity index (χ1) is 10.7. The molecule has 1 aliphatic heterocycles. The van der Waals surface area contributed by atoms with Crippen LogP contribution in [-0.4, -0.2) is 42.3 Å². The molecule has 0 N–H and O–H groups in total.